The molecule has 1 aliphatic rings. The number of ether oxygens (including phenoxy) is 3. The number of benzene rings is 2. The summed E-state index contributed by atoms with van der Waals surface area (Å²) in [7, 11) is 1.59. The summed E-state index contributed by atoms with van der Waals surface area (Å²) in [6.45, 7) is 3.01. The predicted molar refractivity (Wildman–Crippen MR) is 105 cm³/mol. The summed E-state index contributed by atoms with van der Waals surface area (Å²) in [5.74, 6) is 0.115. The number of carbonyl (C=O) groups excluding carboxylic acids is 2. The monoisotopic (exact) mass is 384 g/mol. The van der Waals surface area contributed by atoms with Crippen molar-refractivity contribution in [3.05, 3.63) is 59.7 Å². The highest BCUT2D eigenvalue weighted by Gasteiger charge is 2.19. The first-order valence-corrected chi connectivity index (χ1v) is 9.18. The number of nitrogens with zero attached hydrogens (tertiary/aromatic N) is 1. The third-order valence-corrected chi connectivity index (χ3v) is 4.34. The van der Waals surface area contributed by atoms with E-state index >= 15 is 0 Å². The number of amides is 2. The molecule has 0 aromatic heterocycles. The normalized spacial score (nSPS) is 13.8. The fraction of sp³-hybridized carbons (Fsp3) is 0.333. The van der Waals surface area contributed by atoms with Crippen LogP contribution in [0, 0.1) is 0 Å². The Morgan fingerprint density at radius 3 is 2.64 bits per heavy atom. The lowest BCUT2D eigenvalue weighted by Crippen LogP contribution is -2.40. The van der Waals surface area contributed by atoms with Crippen molar-refractivity contribution in [3.8, 4) is 5.75 Å². The summed E-state index contributed by atoms with van der Waals surface area (Å²) in [5, 5.41) is 2.84. The van der Waals surface area contributed by atoms with E-state index in [1.807, 2.05) is 0 Å². The first-order chi connectivity index (χ1) is 13.7. The van der Waals surface area contributed by atoms with Gasteiger partial charge in [-0.3, -0.25) is 9.59 Å². The topological polar surface area (TPSA) is 77.1 Å². The van der Waals surface area contributed by atoms with E-state index in [4.69, 9.17) is 14.2 Å². The molecule has 1 saturated heterocycles. The highest BCUT2D eigenvalue weighted by molar-refractivity contribution is 6.06. The molecule has 0 atom stereocenters. The lowest BCUT2D eigenvalue weighted by Gasteiger charge is -2.27. The molecule has 148 valence electrons. The quantitative estimate of drug-likeness (QED) is 0.742. The second kappa shape index (κ2) is 9.87. The van der Waals surface area contributed by atoms with Gasteiger partial charge in [0.25, 0.3) is 11.8 Å². The molecule has 0 spiro atoms. The Balaban J connectivity index is 1.70. The van der Waals surface area contributed by atoms with Gasteiger partial charge in [-0.25, -0.2) is 0 Å². The van der Waals surface area contributed by atoms with Crippen molar-refractivity contribution >= 4 is 17.5 Å². The number of rotatable bonds is 7. The number of nitrogens with one attached hydrogen (secondary N) is 1. The average Bonchev–Trinajstić information content (AvgIpc) is 2.74. The first-order valence-electron chi connectivity index (χ1n) is 9.18. The van der Waals surface area contributed by atoms with Crippen LogP contribution in [-0.4, -0.2) is 63.3 Å². The van der Waals surface area contributed by atoms with Gasteiger partial charge in [-0.1, -0.05) is 18.2 Å². The molecule has 0 radical (unpaired) electrons. The first kappa shape index (κ1) is 19.9. The maximum atomic E-state index is 12.7. The smallest absolute Gasteiger partial charge is 0.259 e. The Bertz CT molecular complexity index is 818. The molecule has 0 bridgehead atoms. The number of methoxy groups -OCH3 is 1. The zero-order valence-electron chi connectivity index (χ0n) is 15.8. The molecule has 0 unspecified atom stereocenters. The third kappa shape index (κ3) is 5.09. The largest absolute Gasteiger partial charge is 0.490 e. The zero-order chi connectivity index (χ0) is 19.8. The van der Waals surface area contributed by atoms with Gasteiger partial charge in [-0.15, -0.1) is 0 Å². The molecule has 2 amide bonds. The fourth-order valence-corrected chi connectivity index (χ4v) is 2.89. The summed E-state index contributed by atoms with van der Waals surface area (Å²) >= 11 is 0. The predicted octanol–water partition coefficient (Wildman–Crippen LogP) is 2.44. The second-order valence-corrected chi connectivity index (χ2v) is 6.28. The van der Waals surface area contributed by atoms with Crippen molar-refractivity contribution in [1.29, 1.82) is 0 Å². The summed E-state index contributed by atoms with van der Waals surface area (Å²) in [5.41, 5.74) is 1.50. The van der Waals surface area contributed by atoms with Gasteiger partial charge in [0.1, 0.15) is 12.4 Å². The van der Waals surface area contributed by atoms with E-state index in [0.29, 0.717) is 62.1 Å². The molecule has 1 aliphatic heterocycles. The lowest BCUT2D eigenvalue weighted by atomic mass is 10.1. The van der Waals surface area contributed by atoms with Crippen molar-refractivity contribution < 1.29 is 23.8 Å². The fourth-order valence-electron chi connectivity index (χ4n) is 2.89. The Morgan fingerprint density at radius 2 is 1.86 bits per heavy atom. The summed E-state index contributed by atoms with van der Waals surface area (Å²) in [6.07, 6.45) is 0. The van der Waals surface area contributed by atoms with E-state index < -0.39 is 0 Å². The number of anilines is 1. The SMILES string of the molecule is COCCOc1ccccc1C(=O)Nc1cccc(C(=O)N2CCOCC2)c1. The van der Waals surface area contributed by atoms with Gasteiger partial charge in [0, 0.05) is 31.5 Å². The number of hydrogen-bond acceptors (Lipinski definition) is 5. The van der Waals surface area contributed by atoms with Gasteiger partial charge in [0.05, 0.1) is 25.4 Å². The van der Waals surface area contributed by atoms with Crippen molar-refractivity contribution in [2.75, 3.05) is 51.9 Å². The molecule has 0 saturated carbocycles. The van der Waals surface area contributed by atoms with E-state index in [1.165, 1.54) is 0 Å². The third-order valence-electron chi connectivity index (χ3n) is 4.34. The molecule has 7 nitrogen and oxygen atoms in total. The minimum absolute atomic E-state index is 0.0669. The van der Waals surface area contributed by atoms with E-state index in [0.717, 1.165) is 0 Å². The van der Waals surface area contributed by atoms with Crippen LogP contribution in [-0.2, 0) is 9.47 Å². The van der Waals surface area contributed by atoms with Crippen LogP contribution in [0.25, 0.3) is 0 Å². The van der Waals surface area contributed by atoms with Crippen molar-refractivity contribution in [2.24, 2.45) is 0 Å². The van der Waals surface area contributed by atoms with E-state index in [1.54, 1.807) is 60.5 Å². The number of hydrogen-bond donors (Lipinski definition) is 1. The minimum Gasteiger partial charge on any atom is -0.490 e. The molecular weight excluding hydrogens is 360 g/mol. The molecule has 3 rings (SSSR count). The Kier molecular flexibility index (Phi) is 7.00. The maximum Gasteiger partial charge on any atom is 0.259 e. The van der Waals surface area contributed by atoms with E-state index in [-0.39, 0.29) is 11.8 Å². The van der Waals surface area contributed by atoms with Crippen LogP contribution in [0.5, 0.6) is 5.75 Å². The number of morpholine rings is 1. The molecule has 28 heavy (non-hydrogen) atoms. The summed E-state index contributed by atoms with van der Waals surface area (Å²) < 4.78 is 15.9. The van der Waals surface area contributed by atoms with Crippen LogP contribution >= 0.6 is 0 Å². The van der Waals surface area contributed by atoms with Gasteiger partial charge >= 0.3 is 0 Å². The lowest BCUT2D eigenvalue weighted by molar-refractivity contribution is 0.0303. The van der Waals surface area contributed by atoms with E-state index in [9.17, 15) is 9.59 Å². The molecule has 1 fully saturated rings. The van der Waals surface area contributed by atoms with Crippen LogP contribution < -0.4 is 10.1 Å². The highest BCUT2D eigenvalue weighted by Crippen LogP contribution is 2.21. The number of para-hydroxylation sites is 1. The van der Waals surface area contributed by atoms with E-state index in [2.05, 4.69) is 5.32 Å². The second-order valence-electron chi connectivity index (χ2n) is 6.28. The van der Waals surface area contributed by atoms with Crippen LogP contribution in [0.3, 0.4) is 0 Å². The Hall–Kier alpha value is -2.90. The molecule has 7 heteroatoms. The minimum atomic E-state index is -0.302. The molecular formula is C21H24N2O5. The molecule has 2 aromatic carbocycles. The van der Waals surface area contributed by atoms with Gasteiger partial charge in [-0.05, 0) is 30.3 Å². The van der Waals surface area contributed by atoms with Crippen LogP contribution in [0.15, 0.2) is 48.5 Å². The Morgan fingerprint density at radius 1 is 1.07 bits per heavy atom. The van der Waals surface area contributed by atoms with Crippen LogP contribution in [0.2, 0.25) is 0 Å². The molecule has 1 N–H and O–H groups in total. The van der Waals surface area contributed by atoms with Gasteiger partial charge < -0.3 is 24.4 Å². The van der Waals surface area contributed by atoms with Gasteiger partial charge in [0.2, 0.25) is 0 Å². The van der Waals surface area contributed by atoms with Crippen molar-refractivity contribution in [2.45, 2.75) is 0 Å². The molecule has 2 aromatic rings. The Labute approximate surface area is 164 Å². The van der Waals surface area contributed by atoms with Gasteiger partial charge in [-0.2, -0.15) is 0 Å². The standard InChI is InChI=1S/C21H24N2O5/c1-26-13-14-28-19-8-3-2-7-18(19)20(24)22-17-6-4-5-16(15-17)21(25)23-9-11-27-12-10-23/h2-8,15H,9-14H2,1H3,(H,22,24). The zero-order valence-corrected chi connectivity index (χ0v) is 15.8. The molecule has 0 aliphatic carbocycles. The van der Waals surface area contributed by atoms with Crippen LogP contribution in [0.4, 0.5) is 5.69 Å². The van der Waals surface area contributed by atoms with Crippen LogP contribution in [0.1, 0.15) is 20.7 Å². The number of carbonyl (C=O) groups is 2. The highest BCUT2D eigenvalue weighted by atomic mass is 16.5. The maximum absolute atomic E-state index is 12.7. The van der Waals surface area contributed by atoms with Gasteiger partial charge in [0.15, 0.2) is 0 Å². The summed E-state index contributed by atoms with van der Waals surface area (Å²) in [4.78, 5) is 27.1. The summed E-state index contributed by atoms with van der Waals surface area (Å²) in [6, 6.07) is 14.0. The van der Waals surface area contributed by atoms with Crippen molar-refractivity contribution in [3.63, 3.8) is 0 Å². The van der Waals surface area contributed by atoms with Crippen molar-refractivity contribution in [1.82, 2.24) is 4.90 Å². The average molecular weight is 384 g/mol. The molecule has 1 heterocycles.